The molecule has 24 heavy (non-hydrogen) atoms. The lowest BCUT2D eigenvalue weighted by Gasteiger charge is -2.15. The number of H-pyrrole nitrogens is 1. The third kappa shape index (κ3) is 3.22. The van der Waals surface area contributed by atoms with Crippen LogP contribution in [-0.4, -0.2) is 42.9 Å². The van der Waals surface area contributed by atoms with Gasteiger partial charge in [-0.25, -0.2) is 19.9 Å². The Morgan fingerprint density at radius 2 is 2.21 bits per heavy atom. The molecule has 7 heteroatoms. The van der Waals surface area contributed by atoms with E-state index in [1.807, 2.05) is 25.6 Å². The molecule has 4 rings (SSSR count). The summed E-state index contributed by atoms with van der Waals surface area (Å²) in [6.07, 6.45) is 2.95. The molecule has 0 radical (unpaired) electrons. The van der Waals surface area contributed by atoms with Gasteiger partial charge in [0, 0.05) is 42.0 Å². The summed E-state index contributed by atoms with van der Waals surface area (Å²) in [6, 6.07) is 2.09. The van der Waals surface area contributed by atoms with E-state index >= 15 is 0 Å². The molecular weight excluding hydrogens is 320 g/mol. The van der Waals surface area contributed by atoms with Crippen molar-refractivity contribution >= 4 is 11.3 Å². The second-order valence-corrected chi connectivity index (χ2v) is 7.06. The van der Waals surface area contributed by atoms with E-state index in [2.05, 4.69) is 41.3 Å². The molecule has 124 valence electrons. The summed E-state index contributed by atoms with van der Waals surface area (Å²) < 4.78 is 0. The Balaban J connectivity index is 1.53. The number of likely N-dealkylation sites (tertiary alicyclic amines) is 1. The molecule has 6 nitrogen and oxygen atoms in total. The van der Waals surface area contributed by atoms with Gasteiger partial charge >= 0.3 is 0 Å². The van der Waals surface area contributed by atoms with Crippen LogP contribution in [0.2, 0.25) is 0 Å². The average Bonchev–Trinajstić information content (AvgIpc) is 3.29. The van der Waals surface area contributed by atoms with Crippen molar-refractivity contribution in [3.63, 3.8) is 0 Å². The highest BCUT2D eigenvalue weighted by molar-refractivity contribution is 7.07. The molecule has 0 amide bonds. The SMILES string of the molecule is Cc1nc(-c2ncc(C)[nH]2)cc([C@@H]2CCN(Cc3cscn3)C2)n1. The lowest BCUT2D eigenvalue weighted by molar-refractivity contribution is 0.323. The number of thiazole rings is 1. The molecule has 3 aromatic heterocycles. The average molecular weight is 340 g/mol. The number of hydrogen-bond acceptors (Lipinski definition) is 6. The van der Waals surface area contributed by atoms with E-state index in [1.165, 1.54) is 0 Å². The van der Waals surface area contributed by atoms with Crippen molar-refractivity contribution in [2.75, 3.05) is 13.1 Å². The van der Waals surface area contributed by atoms with Gasteiger partial charge < -0.3 is 4.98 Å². The van der Waals surface area contributed by atoms with Gasteiger partial charge in [0.15, 0.2) is 5.82 Å². The molecule has 1 aliphatic rings. The fourth-order valence-corrected chi connectivity index (χ4v) is 3.78. The smallest absolute Gasteiger partial charge is 0.156 e. The van der Waals surface area contributed by atoms with Gasteiger partial charge in [-0.05, 0) is 32.9 Å². The lowest BCUT2D eigenvalue weighted by atomic mass is 10.0. The van der Waals surface area contributed by atoms with E-state index in [4.69, 9.17) is 0 Å². The molecule has 0 aliphatic carbocycles. The number of nitrogens with one attached hydrogen (secondary N) is 1. The predicted molar refractivity (Wildman–Crippen MR) is 93.8 cm³/mol. The maximum atomic E-state index is 4.69. The lowest BCUT2D eigenvalue weighted by Crippen LogP contribution is -2.20. The zero-order valence-electron chi connectivity index (χ0n) is 13.9. The van der Waals surface area contributed by atoms with Crippen LogP contribution in [0, 0.1) is 13.8 Å². The molecule has 0 bridgehead atoms. The Morgan fingerprint density at radius 1 is 1.29 bits per heavy atom. The topological polar surface area (TPSA) is 70.6 Å². The summed E-state index contributed by atoms with van der Waals surface area (Å²) in [5.41, 5.74) is 6.09. The van der Waals surface area contributed by atoms with Crippen LogP contribution in [0.3, 0.4) is 0 Å². The number of hydrogen-bond donors (Lipinski definition) is 1. The van der Waals surface area contributed by atoms with E-state index in [0.29, 0.717) is 5.92 Å². The van der Waals surface area contributed by atoms with Crippen LogP contribution in [0.5, 0.6) is 0 Å². The third-order valence-electron chi connectivity index (χ3n) is 4.36. The first kappa shape index (κ1) is 15.4. The van der Waals surface area contributed by atoms with E-state index in [1.54, 1.807) is 11.3 Å². The molecule has 0 saturated carbocycles. The number of imidazole rings is 1. The first-order valence-electron chi connectivity index (χ1n) is 8.14. The number of aromatic amines is 1. The Kier molecular flexibility index (Phi) is 4.12. The molecule has 0 unspecified atom stereocenters. The number of nitrogens with zero attached hydrogens (tertiary/aromatic N) is 5. The van der Waals surface area contributed by atoms with Gasteiger partial charge in [-0.15, -0.1) is 11.3 Å². The first-order valence-corrected chi connectivity index (χ1v) is 9.08. The van der Waals surface area contributed by atoms with Crippen molar-refractivity contribution in [3.05, 3.63) is 46.1 Å². The molecule has 1 atom stereocenters. The Hall–Kier alpha value is -2.12. The predicted octanol–water partition coefficient (Wildman–Crippen LogP) is 2.93. The molecule has 1 aliphatic heterocycles. The van der Waals surface area contributed by atoms with E-state index < -0.39 is 0 Å². The first-order chi connectivity index (χ1) is 11.7. The van der Waals surface area contributed by atoms with E-state index in [0.717, 1.165) is 60.5 Å². The standard InChI is InChI=1S/C17H20N6S/c1-11-6-18-17(20-11)16-5-15(21-12(2)22-16)13-3-4-23(7-13)8-14-9-24-10-19-14/h5-6,9-10,13H,3-4,7-8H2,1-2H3,(H,18,20)/t13-/m1/s1. The van der Waals surface area contributed by atoms with Crippen LogP contribution in [0.4, 0.5) is 0 Å². The van der Waals surface area contributed by atoms with Crippen molar-refractivity contribution in [3.8, 4) is 11.5 Å². The highest BCUT2D eigenvalue weighted by atomic mass is 32.1. The summed E-state index contributed by atoms with van der Waals surface area (Å²) >= 11 is 1.65. The molecule has 0 spiro atoms. The van der Waals surface area contributed by atoms with Crippen molar-refractivity contribution in [2.24, 2.45) is 0 Å². The fourth-order valence-electron chi connectivity index (χ4n) is 3.23. The van der Waals surface area contributed by atoms with E-state index in [9.17, 15) is 0 Å². The normalized spacial score (nSPS) is 18.3. The molecular formula is C17H20N6S. The minimum absolute atomic E-state index is 0.445. The molecule has 0 aromatic carbocycles. The Morgan fingerprint density at radius 3 is 2.96 bits per heavy atom. The van der Waals surface area contributed by atoms with Gasteiger partial charge in [0.2, 0.25) is 0 Å². The van der Waals surface area contributed by atoms with Gasteiger partial charge in [0.05, 0.1) is 11.2 Å². The van der Waals surface area contributed by atoms with Crippen LogP contribution in [-0.2, 0) is 6.54 Å². The van der Waals surface area contributed by atoms with Crippen molar-refractivity contribution < 1.29 is 0 Å². The van der Waals surface area contributed by atoms with Crippen LogP contribution in [0.1, 0.15) is 35.2 Å². The summed E-state index contributed by atoms with van der Waals surface area (Å²) in [5, 5.41) is 2.12. The molecule has 1 saturated heterocycles. The summed E-state index contributed by atoms with van der Waals surface area (Å²) in [7, 11) is 0. The van der Waals surface area contributed by atoms with Gasteiger partial charge in [-0.3, -0.25) is 4.90 Å². The fraction of sp³-hybridized carbons (Fsp3) is 0.412. The molecule has 1 fully saturated rings. The molecule has 4 heterocycles. The zero-order valence-corrected chi connectivity index (χ0v) is 14.7. The summed E-state index contributed by atoms with van der Waals surface area (Å²) in [4.78, 5) is 23.7. The van der Waals surface area contributed by atoms with Gasteiger partial charge in [-0.2, -0.15) is 0 Å². The second-order valence-electron chi connectivity index (χ2n) is 6.34. The molecule has 1 N–H and O–H groups in total. The van der Waals surface area contributed by atoms with Gasteiger partial charge in [-0.1, -0.05) is 0 Å². The van der Waals surface area contributed by atoms with Crippen LogP contribution in [0.25, 0.3) is 11.5 Å². The number of aryl methyl sites for hydroxylation is 2. The zero-order chi connectivity index (χ0) is 16.5. The quantitative estimate of drug-likeness (QED) is 0.791. The van der Waals surface area contributed by atoms with Crippen molar-refractivity contribution in [2.45, 2.75) is 32.7 Å². The monoisotopic (exact) mass is 340 g/mol. The Labute approximate surface area is 145 Å². The van der Waals surface area contributed by atoms with Crippen molar-refractivity contribution in [1.82, 2.24) is 29.8 Å². The summed E-state index contributed by atoms with van der Waals surface area (Å²) in [6.45, 7) is 6.98. The maximum absolute atomic E-state index is 4.69. The van der Waals surface area contributed by atoms with E-state index in [-0.39, 0.29) is 0 Å². The Bertz CT molecular complexity index is 825. The van der Waals surface area contributed by atoms with Gasteiger partial charge in [0.25, 0.3) is 0 Å². The highest BCUT2D eigenvalue weighted by Gasteiger charge is 2.26. The molecule has 3 aromatic rings. The minimum Gasteiger partial charge on any atom is -0.341 e. The second kappa shape index (κ2) is 6.41. The van der Waals surface area contributed by atoms with Crippen LogP contribution in [0.15, 0.2) is 23.2 Å². The van der Waals surface area contributed by atoms with Crippen LogP contribution < -0.4 is 0 Å². The maximum Gasteiger partial charge on any atom is 0.156 e. The summed E-state index contributed by atoms with van der Waals surface area (Å²) in [5.74, 6) is 2.06. The number of rotatable bonds is 4. The third-order valence-corrected chi connectivity index (χ3v) is 5.00. The number of aromatic nitrogens is 5. The minimum atomic E-state index is 0.445. The van der Waals surface area contributed by atoms with Gasteiger partial charge in [0.1, 0.15) is 11.5 Å². The largest absolute Gasteiger partial charge is 0.341 e. The highest BCUT2D eigenvalue weighted by Crippen LogP contribution is 2.28. The van der Waals surface area contributed by atoms with Crippen molar-refractivity contribution in [1.29, 1.82) is 0 Å². The van der Waals surface area contributed by atoms with Crippen LogP contribution >= 0.6 is 11.3 Å².